The van der Waals surface area contributed by atoms with Crippen LogP contribution in [0.3, 0.4) is 0 Å². The summed E-state index contributed by atoms with van der Waals surface area (Å²) in [7, 11) is 24.9. The molecule has 1 nitrogen and oxygen atoms in total. The van der Waals surface area contributed by atoms with Gasteiger partial charge in [-0.2, -0.15) is 0 Å². The summed E-state index contributed by atoms with van der Waals surface area (Å²) in [5.41, 5.74) is 0. The molecule has 0 saturated carbocycles. The molecule has 0 aromatic rings. The molecule has 0 fully saturated rings. The van der Waals surface area contributed by atoms with Gasteiger partial charge in [-0.15, -0.1) is 0 Å². The summed E-state index contributed by atoms with van der Waals surface area (Å²) < 4.78 is 7.29. The third-order valence-corrected chi connectivity index (χ3v) is 39.4. The van der Waals surface area contributed by atoms with Crippen LogP contribution >= 0.6 is 35.7 Å². The van der Waals surface area contributed by atoms with Crippen molar-refractivity contribution in [3.8, 4) is 0 Å². The molecule has 0 radical (unpaired) electrons. The maximum absolute atomic E-state index is 6.22. The second-order valence-electron chi connectivity index (χ2n) is 3.58. The van der Waals surface area contributed by atoms with Crippen molar-refractivity contribution >= 4 is 68.8 Å². The normalized spacial score (nSPS) is 13.2. The monoisotopic (exact) mass is 510 g/mol. The average Bonchev–Trinajstić information content (AvgIpc) is 2.10. The van der Waals surface area contributed by atoms with Gasteiger partial charge in [-0.3, -0.25) is 0 Å². The van der Waals surface area contributed by atoms with Crippen LogP contribution in [0.15, 0.2) is 0 Å². The zero-order valence-electron chi connectivity index (χ0n) is 9.16. The summed E-state index contributed by atoms with van der Waals surface area (Å²) in [6.45, 7) is 4.20. The van der Waals surface area contributed by atoms with E-state index in [1.807, 2.05) is 0 Å². The molecule has 0 spiro atoms. The van der Waals surface area contributed by atoms with Gasteiger partial charge in [-0.05, 0) is 0 Å². The fourth-order valence-electron chi connectivity index (χ4n) is 1.09. The van der Waals surface area contributed by atoms with Crippen LogP contribution in [-0.4, -0.2) is 33.1 Å². The van der Waals surface area contributed by atoms with E-state index >= 15 is 0 Å². The van der Waals surface area contributed by atoms with Crippen LogP contribution in [-0.2, 0) is 1.41 Å². The fraction of sp³-hybridized carbons (Fsp3) is 1.00. The third-order valence-electron chi connectivity index (χ3n) is 1.94. The molecule has 0 aliphatic rings. The maximum atomic E-state index is 6.22. The van der Waals surface area contributed by atoms with Gasteiger partial charge in [-0.1, -0.05) is 0 Å². The van der Waals surface area contributed by atoms with Gasteiger partial charge in [0.1, 0.15) is 0 Å². The Bertz CT molecular complexity index is 160. The summed E-state index contributed by atoms with van der Waals surface area (Å²) in [5.74, 6) is 0. The van der Waals surface area contributed by atoms with Gasteiger partial charge in [0.25, 0.3) is 0 Å². The van der Waals surface area contributed by atoms with E-state index in [-0.39, 0.29) is 0 Å². The fourth-order valence-corrected chi connectivity index (χ4v) is 54.0. The summed E-state index contributed by atoms with van der Waals surface area (Å²) in [6.07, 6.45) is 4.16. The van der Waals surface area contributed by atoms with E-state index in [4.69, 9.17) is 37.1 Å². The Hall–Kier alpha value is 2.72. The molecule has 0 aliphatic carbocycles. The van der Waals surface area contributed by atoms with Gasteiger partial charge >= 0.3 is 119 Å². The molecule has 0 aliphatic heterocycles. The first kappa shape index (κ1) is 17.7. The first-order valence-electron chi connectivity index (χ1n) is 5.29. The van der Waals surface area contributed by atoms with Crippen LogP contribution in [0.1, 0.15) is 39.5 Å². The summed E-state index contributed by atoms with van der Waals surface area (Å²) >= 11 is -6.75. The zero-order valence-corrected chi connectivity index (χ0v) is 17.9. The van der Waals surface area contributed by atoms with Gasteiger partial charge in [0.15, 0.2) is 0 Å². The Balaban J connectivity index is 4.04. The molecule has 0 aromatic heterocycles. The van der Waals surface area contributed by atoms with E-state index in [1.54, 1.807) is 0 Å². The number of rotatable bonds is 8. The topological polar surface area (TPSA) is 9.23 Å². The molecular formula is C8H18Cl4OSn2. The molecule has 0 amide bonds. The molecule has 0 heterocycles. The standard InChI is InChI=1S/2C4H9.4ClH.O.2Sn/c2*1-3-4-2;;;;;;;/h2*1,3-4H2,2H3;4*1H;;;/q;;;;;;;2*+2/p-4. The number of unbranched alkanes of at least 4 members (excludes halogenated alkanes) is 2. The minimum absolute atomic E-state index is 0.790. The Labute approximate surface area is 117 Å². The molecule has 0 unspecified atom stereocenters. The molecule has 0 rings (SSSR count). The van der Waals surface area contributed by atoms with E-state index in [9.17, 15) is 0 Å². The quantitative estimate of drug-likeness (QED) is 0.397. The van der Waals surface area contributed by atoms with Crippen LogP contribution in [0.2, 0.25) is 8.87 Å². The van der Waals surface area contributed by atoms with E-state index < -0.39 is 33.1 Å². The molecule has 0 atom stereocenters. The van der Waals surface area contributed by atoms with Crippen molar-refractivity contribution in [2.75, 3.05) is 0 Å². The summed E-state index contributed by atoms with van der Waals surface area (Å²) in [4.78, 5) is 0. The second-order valence-corrected chi connectivity index (χ2v) is 37.2. The van der Waals surface area contributed by atoms with E-state index in [0.717, 1.165) is 34.6 Å². The van der Waals surface area contributed by atoms with Crippen LogP contribution in [0, 0.1) is 0 Å². The van der Waals surface area contributed by atoms with Crippen molar-refractivity contribution in [3.63, 3.8) is 0 Å². The number of hydrogen-bond acceptors (Lipinski definition) is 1. The molecule has 7 heteroatoms. The van der Waals surface area contributed by atoms with Gasteiger partial charge in [0.05, 0.1) is 0 Å². The molecular weight excluding hydrogens is 491 g/mol. The van der Waals surface area contributed by atoms with Crippen LogP contribution in [0.5, 0.6) is 0 Å². The molecule has 15 heavy (non-hydrogen) atoms. The molecule has 92 valence electrons. The Morgan fingerprint density at radius 1 is 0.800 bits per heavy atom. The minimum atomic E-state index is -3.38. The summed E-state index contributed by atoms with van der Waals surface area (Å²) in [5, 5.41) is 0. The predicted molar refractivity (Wildman–Crippen MR) is 75.4 cm³/mol. The van der Waals surface area contributed by atoms with Crippen LogP contribution < -0.4 is 0 Å². The van der Waals surface area contributed by atoms with Crippen molar-refractivity contribution < 1.29 is 1.41 Å². The van der Waals surface area contributed by atoms with Crippen LogP contribution in [0.4, 0.5) is 0 Å². The Kier molecular flexibility index (Phi) is 10.3. The second kappa shape index (κ2) is 8.76. The van der Waals surface area contributed by atoms with Gasteiger partial charge < -0.3 is 0 Å². The summed E-state index contributed by atoms with van der Waals surface area (Å²) in [6, 6.07) is 0. The van der Waals surface area contributed by atoms with Gasteiger partial charge in [-0.25, -0.2) is 0 Å². The molecule has 0 saturated heterocycles. The van der Waals surface area contributed by atoms with Crippen molar-refractivity contribution in [3.05, 3.63) is 0 Å². The number of hydrogen-bond donors (Lipinski definition) is 0. The Morgan fingerprint density at radius 2 is 1.13 bits per heavy atom. The molecule has 0 aromatic carbocycles. The zero-order chi connectivity index (χ0) is 11.9. The van der Waals surface area contributed by atoms with Crippen molar-refractivity contribution in [1.82, 2.24) is 0 Å². The number of halogens is 4. The van der Waals surface area contributed by atoms with Gasteiger partial charge in [0, 0.05) is 0 Å². The average molecular weight is 509 g/mol. The van der Waals surface area contributed by atoms with Crippen molar-refractivity contribution in [2.45, 2.75) is 48.4 Å². The van der Waals surface area contributed by atoms with Crippen molar-refractivity contribution in [2.24, 2.45) is 0 Å². The predicted octanol–water partition coefficient (Wildman–Crippen LogP) is 5.44. The first-order chi connectivity index (χ1) is 6.83. The molecule has 0 N–H and O–H groups in total. The first-order valence-corrected chi connectivity index (χ1v) is 26.1. The van der Waals surface area contributed by atoms with Gasteiger partial charge in [0.2, 0.25) is 0 Å². The van der Waals surface area contributed by atoms with E-state index in [0.29, 0.717) is 0 Å². The van der Waals surface area contributed by atoms with E-state index in [1.165, 1.54) is 0 Å². The van der Waals surface area contributed by atoms with Crippen molar-refractivity contribution in [1.29, 1.82) is 0 Å². The third kappa shape index (κ3) is 10.3. The molecule has 0 bridgehead atoms. The Morgan fingerprint density at radius 3 is 1.40 bits per heavy atom. The van der Waals surface area contributed by atoms with E-state index in [2.05, 4.69) is 13.8 Å². The SMILES string of the molecule is CCC[CH2][Sn]([Cl])([Cl])[O][Sn]([Cl])([Cl])[CH2]CCC. The van der Waals surface area contributed by atoms with Crippen LogP contribution in [0.25, 0.3) is 0 Å².